The van der Waals surface area contributed by atoms with Crippen molar-refractivity contribution in [1.82, 2.24) is 24.9 Å². The summed E-state index contributed by atoms with van der Waals surface area (Å²) < 4.78 is 63.3. The van der Waals surface area contributed by atoms with Crippen LogP contribution in [0.3, 0.4) is 0 Å². The fourth-order valence-electron chi connectivity index (χ4n) is 1.98. The van der Waals surface area contributed by atoms with E-state index in [4.69, 9.17) is 0 Å². The van der Waals surface area contributed by atoms with Crippen molar-refractivity contribution in [3.63, 3.8) is 0 Å². The first-order valence-corrected chi connectivity index (χ1v) is 8.52. The summed E-state index contributed by atoms with van der Waals surface area (Å²) in [5, 5.41) is 9.49. The summed E-state index contributed by atoms with van der Waals surface area (Å²) in [7, 11) is -2.85. The number of hydrogen-bond donors (Lipinski definition) is 1. The maximum Gasteiger partial charge on any atom is 0.416 e. The molecule has 1 aromatic heterocycles. The molecule has 25 heavy (non-hydrogen) atoms. The lowest BCUT2D eigenvalue weighted by Gasteiger charge is -2.08. The Bertz CT molecular complexity index is 864. The van der Waals surface area contributed by atoms with Gasteiger partial charge in [-0.3, -0.25) is 4.79 Å². The highest BCUT2D eigenvalue weighted by atomic mass is 32.2. The Morgan fingerprint density at radius 3 is 2.64 bits per heavy atom. The molecule has 1 aromatic carbocycles. The summed E-state index contributed by atoms with van der Waals surface area (Å²) >= 11 is 0. The number of nitrogens with zero attached hydrogens (tertiary/aromatic N) is 4. The Kier molecular flexibility index (Phi) is 5.40. The van der Waals surface area contributed by atoms with Crippen LogP contribution in [0.15, 0.2) is 29.4 Å². The summed E-state index contributed by atoms with van der Waals surface area (Å²) in [6.07, 6.45) is -4.25. The second kappa shape index (κ2) is 7.17. The molecule has 2 aromatic rings. The Morgan fingerprint density at radius 2 is 2.04 bits per heavy atom. The van der Waals surface area contributed by atoms with E-state index in [9.17, 15) is 26.4 Å². The van der Waals surface area contributed by atoms with E-state index < -0.39 is 32.8 Å². The first-order valence-electron chi connectivity index (χ1n) is 7.04. The number of carbonyl (C=O) groups is 1. The maximum atomic E-state index is 12.6. The predicted molar refractivity (Wildman–Crippen MR) is 78.5 cm³/mol. The van der Waals surface area contributed by atoms with E-state index in [0.29, 0.717) is 5.56 Å². The highest BCUT2D eigenvalue weighted by Gasteiger charge is 2.30. The molecule has 0 fully saturated rings. The molecular weight excluding hydrogens is 363 g/mol. The molecule has 1 heterocycles. The molecule has 2 rings (SSSR count). The Balaban J connectivity index is 1.89. The van der Waals surface area contributed by atoms with Crippen LogP contribution < -0.4 is 4.72 Å². The third kappa shape index (κ3) is 5.24. The van der Waals surface area contributed by atoms with Crippen LogP contribution in [0.1, 0.15) is 24.0 Å². The number of hydrogen-bond acceptors (Lipinski definition) is 6. The van der Waals surface area contributed by atoms with Gasteiger partial charge in [0.2, 0.25) is 5.91 Å². The lowest BCUT2D eigenvalue weighted by molar-refractivity contribution is -0.137. The zero-order valence-electron chi connectivity index (χ0n) is 13.0. The highest BCUT2D eigenvalue weighted by Crippen LogP contribution is 2.29. The SMILES string of the molecule is Cn1nnc(S(=O)(=O)NC(=O)CCCc2cccc(C(F)(F)F)c2)n1. The highest BCUT2D eigenvalue weighted by molar-refractivity contribution is 7.89. The van der Waals surface area contributed by atoms with Gasteiger partial charge in [0.15, 0.2) is 0 Å². The lowest BCUT2D eigenvalue weighted by atomic mass is 10.0. The van der Waals surface area contributed by atoms with Crippen molar-refractivity contribution in [2.75, 3.05) is 0 Å². The van der Waals surface area contributed by atoms with E-state index in [1.807, 2.05) is 0 Å². The van der Waals surface area contributed by atoms with E-state index >= 15 is 0 Å². The number of aryl methyl sites for hydroxylation is 2. The Labute approximate surface area is 141 Å². The minimum absolute atomic E-state index is 0.177. The number of rotatable bonds is 6. The van der Waals surface area contributed by atoms with E-state index in [2.05, 4.69) is 15.4 Å². The van der Waals surface area contributed by atoms with Crippen LogP contribution in [0.25, 0.3) is 0 Å². The van der Waals surface area contributed by atoms with Crippen LogP contribution in [0.5, 0.6) is 0 Å². The van der Waals surface area contributed by atoms with Crippen LogP contribution in [-0.2, 0) is 34.5 Å². The summed E-state index contributed by atoms with van der Waals surface area (Å²) in [6, 6.07) is 4.74. The molecule has 0 aliphatic rings. The molecular formula is C13H14F3N5O3S. The molecule has 0 spiro atoms. The third-order valence-electron chi connectivity index (χ3n) is 3.10. The van der Waals surface area contributed by atoms with Crippen LogP contribution >= 0.6 is 0 Å². The molecule has 0 radical (unpaired) electrons. The van der Waals surface area contributed by atoms with Crippen molar-refractivity contribution in [2.45, 2.75) is 30.6 Å². The number of amides is 1. The van der Waals surface area contributed by atoms with Crippen LogP contribution in [-0.4, -0.2) is 34.5 Å². The molecule has 0 aliphatic carbocycles. The monoisotopic (exact) mass is 377 g/mol. The minimum Gasteiger partial charge on any atom is -0.274 e. The molecule has 8 nitrogen and oxygen atoms in total. The molecule has 0 aliphatic heterocycles. The first kappa shape index (κ1) is 18.8. The molecule has 0 saturated carbocycles. The fraction of sp³-hybridized carbons (Fsp3) is 0.385. The molecule has 136 valence electrons. The normalized spacial score (nSPS) is 12.2. The van der Waals surface area contributed by atoms with Gasteiger partial charge in [0, 0.05) is 6.42 Å². The van der Waals surface area contributed by atoms with Gasteiger partial charge in [-0.25, -0.2) is 4.72 Å². The Hall–Kier alpha value is -2.50. The minimum atomic E-state index is -4.44. The summed E-state index contributed by atoms with van der Waals surface area (Å²) in [6.45, 7) is 0. The average Bonchev–Trinajstić information content (AvgIpc) is 2.94. The smallest absolute Gasteiger partial charge is 0.274 e. The maximum absolute atomic E-state index is 12.6. The van der Waals surface area contributed by atoms with Crippen LogP contribution in [0, 0.1) is 0 Å². The third-order valence-corrected chi connectivity index (χ3v) is 4.24. The molecule has 1 amide bonds. The van der Waals surface area contributed by atoms with Gasteiger partial charge in [0.05, 0.1) is 12.6 Å². The first-order chi connectivity index (χ1) is 11.6. The zero-order chi connectivity index (χ0) is 18.7. The predicted octanol–water partition coefficient (Wildman–Crippen LogP) is 1.06. The van der Waals surface area contributed by atoms with Crippen molar-refractivity contribution >= 4 is 15.9 Å². The molecule has 0 atom stereocenters. The number of sulfonamides is 1. The number of benzene rings is 1. The fourth-order valence-corrected chi connectivity index (χ4v) is 2.84. The quantitative estimate of drug-likeness (QED) is 0.807. The molecule has 0 unspecified atom stereocenters. The standard InChI is InChI=1S/C13H14F3N5O3S/c1-21-18-12(17-20-21)25(23,24)19-11(22)7-3-5-9-4-2-6-10(8-9)13(14,15)16/h2,4,6,8H,3,5,7H2,1H3,(H,19,22). The van der Waals surface area contributed by atoms with Crippen molar-refractivity contribution in [2.24, 2.45) is 7.05 Å². The van der Waals surface area contributed by atoms with E-state index in [1.54, 1.807) is 4.72 Å². The van der Waals surface area contributed by atoms with Crippen molar-refractivity contribution in [3.8, 4) is 0 Å². The lowest BCUT2D eigenvalue weighted by Crippen LogP contribution is -2.31. The number of carbonyl (C=O) groups excluding carboxylic acids is 1. The number of nitrogens with one attached hydrogen (secondary N) is 1. The summed E-state index contributed by atoms with van der Waals surface area (Å²) in [5.41, 5.74) is -0.369. The van der Waals surface area contributed by atoms with Gasteiger partial charge >= 0.3 is 21.4 Å². The van der Waals surface area contributed by atoms with Gasteiger partial charge in [-0.2, -0.15) is 26.4 Å². The van der Waals surface area contributed by atoms with Crippen molar-refractivity contribution in [3.05, 3.63) is 35.4 Å². The molecule has 0 saturated heterocycles. The topological polar surface area (TPSA) is 107 Å². The van der Waals surface area contributed by atoms with Gasteiger partial charge in [-0.05, 0) is 29.7 Å². The van der Waals surface area contributed by atoms with Crippen LogP contribution in [0.2, 0.25) is 0 Å². The summed E-state index contributed by atoms with van der Waals surface area (Å²) in [5.74, 6) is -0.806. The van der Waals surface area contributed by atoms with Gasteiger partial charge < -0.3 is 0 Å². The average molecular weight is 377 g/mol. The van der Waals surface area contributed by atoms with Crippen molar-refractivity contribution in [1.29, 1.82) is 0 Å². The van der Waals surface area contributed by atoms with Gasteiger partial charge in [-0.1, -0.05) is 23.3 Å². The molecule has 12 heteroatoms. The number of aromatic nitrogens is 4. The Morgan fingerprint density at radius 1 is 1.32 bits per heavy atom. The van der Waals surface area contributed by atoms with Gasteiger partial charge in [-0.15, -0.1) is 5.10 Å². The van der Waals surface area contributed by atoms with Crippen LogP contribution in [0.4, 0.5) is 13.2 Å². The van der Waals surface area contributed by atoms with E-state index in [-0.39, 0.29) is 19.3 Å². The number of tetrazole rings is 1. The number of halogens is 3. The zero-order valence-corrected chi connectivity index (χ0v) is 13.8. The van der Waals surface area contributed by atoms with Gasteiger partial charge in [0.1, 0.15) is 0 Å². The van der Waals surface area contributed by atoms with Crippen molar-refractivity contribution < 1.29 is 26.4 Å². The second-order valence-electron chi connectivity index (χ2n) is 5.14. The molecule has 0 bridgehead atoms. The largest absolute Gasteiger partial charge is 0.416 e. The second-order valence-corrected chi connectivity index (χ2v) is 6.72. The van der Waals surface area contributed by atoms with E-state index in [1.165, 1.54) is 19.2 Å². The van der Waals surface area contributed by atoms with E-state index in [0.717, 1.165) is 16.9 Å². The summed E-state index contributed by atoms with van der Waals surface area (Å²) in [4.78, 5) is 12.6. The van der Waals surface area contributed by atoms with Gasteiger partial charge in [0.25, 0.3) is 0 Å². The molecule has 1 N–H and O–H groups in total. The number of alkyl halides is 3.